The molecule has 0 aliphatic carbocycles. The Balaban J connectivity index is 1.90. The molecule has 1 amide bonds. The van der Waals surface area contributed by atoms with Gasteiger partial charge in [0, 0.05) is 5.56 Å². The first-order valence-electron chi connectivity index (χ1n) is 8.99. The number of hydrogen-bond acceptors (Lipinski definition) is 5. The molecule has 12 heteroatoms. The number of nitrogens with one attached hydrogen (secondary N) is 1. The van der Waals surface area contributed by atoms with E-state index in [0.29, 0.717) is 28.2 Å². The summed E-state index contributed by atoms with van der Waals surface area (Å²) in [7, 11) is -4.36. The molecule has 0 aliphatic rings. The largest absolute Gasteiger partial charge is 0.501 e. The van der Waals surface area contributed by atoms with Gasteiger partial charge in [0.15, 0.2) is 0 Å². The normalized spacial score (nSPS) is 12.0. The molecular formula is C20H17ClF3N3O4S. The summed E-state index contributed by atoms with van der Waals surface area (Å²) in [4.78, 5) is 11.6. The van der Waals surface area contributed by atoms with Gasteiger partial charge >= 0.3 is 5.51 Å². The molecule has 3 rings (SSSR count). The van der Waals surface area contributed by atoms with Crippen molar-refractivity contribution < 1.29 is 31.1 Å². The number of carbonyl (C=O) groups is 1. The highest BCUT2D eigenvalue weighted by atomic mass is 35.5. The van der Waals surface area contributed by atoms with Crippen LogP contribution >= 0.6 is 11.6 Å². The van der Waals surface area contributed by atoms with Crippen LogP contribution in [0.5, 0.6) is 5.75 Å². The van der Waals surface area contributed by atoms with E-state index in [4.69, 9.17) is 16.3 Å². The first-order chi connectivity index (χ1) is 14.9. The molecule has 0 saturated carbocycles. The number of sulfone groups is 1. The molecule has 0 bridgehead atoms. The maximum atomic E-state index is 12.9. The number of alkyl halides is 3. The molecule has 0 atom stereocenters. The van der Waals surface area contributed by atoms with Crippen LogP contribution in [0.2, 0.25) is 5.02 Å². The van der Waals surface area contributed by atoms with Crippen molar-refractivity contribution in [2.75, 3.05) is 12.4 Å². The number of carbonyl (C=O) groups excluding carboxylic acids is 1. The summed E-state index contributed by atoms with van der Waals surface area (Å²) in [6.45, 7) is 3.55. The quantitative estimate of drug-likeness (QED) is 0.563. The third-order valence-electron chi connectivity index (χ3n) is 4.61. The Kier molecular flexibility index (Phi) is 6.25. The Morgan fingerprint density at radius 1 is 1.12 bits per heavy atom. The van der Waals surface area contributed by atoms with E-state index in [0.717, 1.165) is 12.1 Å². The van der Waals surface area contributed by atoms with Crippen LogP contribution < -0.4 is 10.1 Å². The maximum absolute atomic E-state index is 12.9. The topological polar surface area (TPSA) is 90.3 Å². The second-order valence-electron chi connectivity index (χ2n) is 6.71. The van der Waals surface area contributed by atoms with Gasteiger partial charge in [-0.15, -0.1) is 0 Å². The second kappa shape index (κ2) is 8.47. The SMILES string of the molecule is COc1ccc(S(=O)(=O)C(F)(F)F)cc1NC(=O)c1ccc(-n2nc(C)c(Cl)c2C)cc1. The van der Waals surface area contributed by atoms with Gasteiger partial charge in [-0.2, -0.15) is 18.3 Å². The van der Waals surface area contributed by atoms with Crippen LogP contribution in [0.25, 0.3) is 5.69 Å². The Bertz CT molecular complexity index is 1290. The minimum Gasteiger partial charge on any atom is -0.495 e. The second-order valence-corrected chi connectivity index (χ2v) is 9.03. The fourth-order valence-electron chi connectivity index (χ4n) is 2.91. The van der Waals surface area contributed by atoms with Crippen molar-refractivity contribution >= 4 is 33.0 Å². The first kappa shape index (κ1) is 23.6. The number of amides is 1. The molecule has 170 valence electrons. The van der Waals surface area contributed by atoms with Crippen molar-refractivity contribution in [1.82, 2.24) is 9.78 Å². The lowest BCUT2D eigenvalue weighted by Crippen LogP contribution is -2.23. The monoisotopic (exact) mass is 487 g/mol. The van der Waals surface area contributed by atoms with Crippen molar-refractivity contribution in [2.24, 2.45) is 0 Å². The summed E-state index contributed by atoms with van der Waals surface area (Å²) < 4.78 is 68.6. The molecule has 3 aromatic rings. The van der Waals surface area contributed by atoms with Gasteiger partial charge in [-0.05, 0) is 56.3 Å². The fourth-order valence-corrected chi connectivity index (χ4v) is 3.81. The number of halogens is 4. The molecule has 0 fully saturated rings. The number of rotatable bonds is 5. The first-order valence-corrected chi connectivity index (χ1v) is 10.9. The van der Waals surface area contributed by atoms with Crippen LogP contribution in [0.3, 0.4) is 0 Å². The summed E-state index contributed by atoms with van der Waals surface area (Å²) in [6.07, 6.45) is 0. The Morgan fingerprint density at radius 2 is 1.75 bits per heavy atom. The van der Waals surface area contributed by atoms with Crippen LogP contribution in [0.1, 0.15) is 21.7 Å². The van der Waals surface area contributed by atoms with Gasteiger partial charge in [-0.3, -0.25) is 4.79 Å². The summed E-state index contributed by atoms with van der Waals surface area (Å²) in [5.41, 5.74) is -3.53. The summed E-state index contributed by atoms with van der Waals surface area (Å²) in [5.74, 6) is -0.684. The van der Waals surface area contributed by atoms with Crippen LogP contribution in [0.4, 0.5) is 18.9 Å². The molecular weight excluding hydrogens is 471 g/mol. The van der Waals surface area contributed by atoms with Gasteiger partial charge in [-0.25, -0.2) is 13.1 Å². The molecule has 1 aromatic heterocycles. The lowest BCUT2D eigenvalue weighted by molar-refractivity contribution is -0.0436. The van der Waals surface area contributed by atoms with Crippen molar-refractivity contribution in [2.45, 2.75) is 24.3 Å². The zero-order valence-electron chi connectivity index (χ0n) is 17.0. The van der Waals surface area contributed by atoms with Gasteiger partial charge in [0.2, 0.25) is 0 Å². The number of nitrogens with zero attached hydrogens (tertiary/aromatic N) is 2. The zero-order valence-corrected chi connectivity index (χ0v) is 18.6. The minimum absolute atomic E-state index is 0.00613. The van der Waals surface area contributed by atoms with E-state index < -0.39 is 26.1 Å². The third-order valence-corrected chi connectivity index (χ3v) is 6.64. The van der Waals surface area contributed by atoms with Crippen molar-refractivity contribution in [3.05, 3.63) is 64.4 Å². The Morgan fingerprint density at radius 3 is 2.25 bits per heavy atom. The smallest absolute Gasteiger partial charge is 0.495 e. The van der Waals surface area contributed by atoms with E-state index in [9.17, 15) is 26.4 Å². The summed E-state index contributed by atoms with van der Waals surface area (Å²) in [6, 6.07) is 8.69. The summed E-state index contributed by atoms with van der Waals surface area (Å²) in [5, 5.41) is 7.22. The molecule has 0 saturated heterocycles. The Labute approximate surface area is 186 Å². The van der Waals surface area contributed by atoms with Gasteiger partial charge in [0.05, 0.1) is 39.8 Å². The van der Waals surface area contributed by atoms with Crippen molar-refractivity contribution in [1.29, 1.82) is 0 Å². The van der Waals surface area contributed by atoms with Crippen LogP contribution in [0, 0.1) is 13.8 Å². The zero-order chi connectivity index (χ0) is 23.8. The molecule has 32 heavy (non-hydrogen) atoms. The van der Waals surface area contributed by atoms with Gasteiger partial charge in [0.25, 0.3) is 15.7 Å². The van der Waals surface area contributed by atoms with Gasteiger partial charge in [0.1, 0.15) is 5.75 Å². The van der Waals surface area contributed by atoms with E-state index in [1.54, 1.807) is 30.7 Å². The van der Waals surface area contributed by atoms with E-state index >= 15 is 0 Å². The molecule has 2 aromatic carbocycles. The number of aryl methyl sites for hydroxylation is 1. The molecule has 1 N–H and O–H groups in total. The van der Waals surface area contributed by atoms with Crippen LogP contribution in [0.15, 0.2) is 47.4 Å². The highest BCUT2D eigenvalue weighted by Crippen LogP contribution is 2.35. The number of aromatic nitrogens is 2. The van der Waals surface area contributed by atoms with E-state index in [-0.39, 0.29) is 17.0 Å². The number of anilines is 1. The minimum atomic E-state index is -5.59. The highest BCUT2D eigenvalue weighted by Gasteiger charge is 2.47. The average Bonchev–Trinajstić information content (AvgIpc) is 3.00. The van der Waals surface area contributed by atoms with Crippen LogP contribution in [-0.4, -0.2) is 36.7 Å². The number of hydrogen-bond donors (Lipinski definition) is 1. The molecule has 0 spiro atoms. The van der Waals surface area contributed by atoms with Crippen molar-refractivity contribution in [3.63, 3.8) is 0 Å². The molecule has 1 heterocycles. The molecule has 0 radical (unpaired) electrons. The number of benzene rings is 2. The van der Waals surface area contributed by atoms with E-state index in [1.165, 1.54) is 19.2 Å². The molecule has 7 nitrogen and oxygen atoms in total. The molecule has 0 aliphatic heterocycles. The number of methoxy groups -OCH3 is 1. The average molecular weight is 488 g/mol. The lowest BCUT2D eigenvalue weighted by Gasteiger charge is -2.14. The predicted molar refractivity (Wildman–Crippen MR) is 112 cm³/mol. The fraction of sp³-hybridized carbons (Fsp3) is 0.200. The van der Waals surface area contributed by atoms with Gasteiger partial charge in [-0.1, -0.05) is 11.6 Å². The molecule has 0 unspecified atom stereocenters. The van der Waals surface area contributed by atoms with E-state index in [1.807, 2.05) is 0 Å². The maximum Gasteiger partial charge on any atom is 0.501 e. The summed E-state index contributed by atoms with van der Waals surface area (Å²) >= 11 is 6.15. The van der Waals surface area contributed by atoms with Crippen molar-refractivity contribution in [3.8, 4) is 11.4 Å². The highest BCUT2D eigenvalue weighted by molar-refractivity contribution is 7.92. The number of ether oxygens (including phenoxy) is 1. The third kappa shape index (κ3) is 4.30. The van der Waals surface area contributed by atoms with Gasteiger partial charge < -0.3 is 10.1 Å². The lowest BCUT2D eigenvalue weighted by atomic mass is 10.2. The Hall–Kier alpha value is -3.05. The standard InChI is InChI=1S/C20H17ClF3N3O4S/c1-11-18(21)12(2)27(26-11)14-6-4-13(5-7-14)19(28)25-16-10-15(8-9-17(16)31-3)32(29,30)20(22,23)24/h4-10H,1-3H3,(H,25,28). The van der Waals surface area contributed by atoms with Crippen LogP contribution in [-0.2, 0) is 9.84 Å². The predicted octanol–water partition coefficient (Wildman–Crippen LogP) is 4.70. The van der Waals surface area contributed by atoms with E-state index in [2.05, 4.69) is 10.4 Å².